The average molecular weight is 285 g/mol. The summed E-state index contributed by atoms with van der Waals surface area (Å²) in [5, 5.41) is 2.90. The Morgan fingerprint density at radius 3 is 2.62 bits per heavy atom. The highest BCUT2D eigenvalue weighted by molar-refractivity contribution is 5.94. The number of carbonyl (C=O) groups is 1. The Labute approximate surface area is 124 Å². The van der Waals surface area contributed by atoms with Gasteiger partial charge in [-0.05, 0) is 50.2 Å². The van der Waals surface area contributed by atoms with Crippen LogP contribution in [0.2, 0.25) is 0 Å². The fourth-order valence-electron chi connectivity index (χ4n) is 1.89. The van der Waals surface area contributed by atoms with Crippen molar-refractivity contribution in [1.29, 1.82) is 0 Å². The van der Waals surface area contributed by atoms with E-state index in [0.29, 0.717) is 17.9 Å². The summed E-state index contributed by atoms with van der Waals surface area (Å²) in [5.41, 5.74) is 0.580. The average Bonchev–Trinajstić information content (AvgIpc) is 2.92. The summed E-state index contributed by atoms with van der Waals surface area (Å²) in [7, 11) is 0. The Kier molecular flexibility index (Phi) is 4.82. The van der Waals surface area contributed by atoms with Gasteiger partial charge in [-0.2, -0.15) is 0 Å². The van der Waals surface area contributed by atoms with E-state index in [0.717, 1.165) is 11.5 Å². The van der Waals surface area contributed by atoms with Crippen LogP contribution in [0.5, 0.6) is 5.75 Å². The second kappa shape index (κ2) is 6.79. The summed E-state index contributed by atoms with van der Waals surface area (Å²) >= 11 is 0. The zero-order valence-electron chi connectivity index (χ0n) is 12.3. The molecule has 1 heterocycles. The fourth-order valence-corrected chi connectivity index (χ4v) is 1.89. The highest BCUT2D eigenvalue weighted by Crippen LogP contribution is 2.17. The number of furan rings is 1. The van der Waals surface area contributed by atoms with Crippen molar-refractivity contribution < 1.29 is 13.9 Å². The number of hydrogen-bond acceptors (Lipinski definition) is 3. The predicted octanol–water partition coefficient (Wildman–Crippen LogP) is 3.64. The third-order valence-electron chi connectivity index (χ3n) is 3.02. The van der Waals surface area contributed by atoms with E-state index in [1.807, 2.05) is 26.0 Å². The minimum absolute atomic E-state index is 0.146. The summed E-state index contributed by atoms with van der Waals surface area (Å²) in [4.78, 5) is 12.2. The normalized spacial score (nSPS) is 11.7. The van der Waals surface area contributed by atoms with Gasteiger partial charge in [-0.25, -0.2) is 0 Å². The lowest BCUT2D eigenvalue weighted by Gasteiger charge is -2.12. The van der Waals surface area contributed by atoms with Crippen molar-refractivity contribution in [2.45, 2.75) is 19.9 Å². The molecule has 0 spiro atoms. The molecule has 0 aliphatic heterocycles. The van der Waals surface area contributed by atoms with E-state index in [2.05, 4.69) is 11.9 Å². The summed E-state index contributed by atoms with van der Waals surface area (Å²) in [6.45, 7) is 7.79. The summed E-state index contributed by atoms with van der Waals surface area (Å²) in [5.74, 6) is 2.13. The second-order valence-electron chi connectivity index (χ2n) is 4.77. The van der Waals surface area contributed by atoms with Crippen LogP contribution in [-0.4, -0.2) is 12.5 Å². The van der Waals surface area contributed by atoms with Gasteiger partial charge in [-0.15, -0.1) is 0 Å². The van der Waals surface area contributed by atoms with Gasteiger partial charge in [0.15, 0.2) is 0 Å². The molecule has 21 heavy (non-hydrogen) atoms. The monoisotopic (exact) mass is 285 g/mol. The molecule has 2 rings (SSSR count). The topological polar surface area (TPSA) is 51.5 Å². The van der Waals surface area contributed by atoms with Crippen molar-refractivity contribution in [1.82, 2.24) is 5.32 Å². The van der Waals surface area contributed by atoms with E-state index in [1.54, 1.807) is 30.3 Å². The first-order valence-corrected chi connectivity index (χ1v) is 6.81. The molecule has 4 heteroatoms. The highest BCUT2D eigenvalue weighted by atomic mass is 16.5. The Hall–Kier alpha value is -2.49. The van der Waals surface area contributed by atoms with Crippen LogP contribution in [0.15, 0.2) is 53.5 Å². The Morgan fingerprint density at radius 2 is 2.05 bits per heavy atom. The maximum absolute atomic E-state index is 12.2. The molecular formula is C17H19NO3. The molecule has 0 saturated heterocycles. The largest absolute Gasteiger partial charge is 0.490 e. The number of hydrogen-bond donors (Lipinski definition) is 1. The zero-order chi connectivity index (χ0) is 15.2. The Bertz CT molecular complexity index is 613. The minimum Gasteiger partial charge on any atom is -0.490 e. The third kappa shape index (κ3) is 3.99. The van der Waals surface area contributed by atoms with Gasteiger partial charge in [-0.1, -0.05) is 12.7 Å². The Balaban J connectivity index is 1.98. The van der Waals surface area contributed by atoms with Crippen LogP contribution in [0.1, 0.15) is 34.8 Å². The molecule has 0 radical (unpaired) electrons. The number of benzene rings is 1. The second-order valence-corrected chi connectivity index (χ2v) is 4.77. The molecule has 1 amide bonds. The number of aryl methyl sites for hydroxylation is 1. The van der Waals surface area contributed by atoms with E-state index in [4.69, 9.17) is 9.15 Å². The van der Waals surface area contributed by atoms with Crippen molar-refractivity contribution in [2.24, 2.45) is 0 Å². The molecule has 0 saturated carbocycles. The number of nitrogens with one attached hydrogen (secondary N) is 1. The molecule has 1 N–H and O–H groups in total. The van der Waals surface area contributed by atoms with Gasteiger partial charge >= 0.3 is 0 Å². The van der Waals surface area contributed by atoms with Crippen molar-refractivity contribution in [3.05, 3.63) is 66.1 Å². The summed E-state index contributed by atoms with van der Waals surface area (Å²) < 4.78 is 10.9. The minimum atomic E-state index is -0.178. The van der Waals surface area contributed by atoms with Gasteiger partial charge < -0.3 is 14.5 Å². The molecule has 1 unspecified atom stereocenters. The van der Waals surface area contributed by atoms with Gasteiger partial charge in [0.05, 0.1) is 6.04 Å². The smallest absolute Gasteiger partial charge is 0.251 e. The van der Waals surface area contributed by atoms with Gasteiger partial charge in [0.2, 0.25) is 0 Å². The van der Waals surface area contributed by atoms with Gasteiger partial charge in [0.1, 0.15) is 23.9 Å². The number of amides is 1. The van der Waals surface area contributed by atoms with Crippen molar-refractivity contribution in [3.63, 3.8) is 0 Å². The lowest BCUT2D eigenvalue weighted by molar-refractivity contribution is 0.0935. The van der Waals surface area contributed by atoms with Crippen LogP contribution >= 0.6 is 0 Å². The maximum Gasteiger partial charge on any atom is 0.251 e. The quantitative estimate of drug-likeness (QED) is 0.824. The summed E-state index contributed by atoms with van der Waals surface area (Å²) in [6, 6.07) is 10.6. The van der Waals surface area contributed by atoms with Crippen LogP contribution in [0, 0.1) is 6.92 Å². The number of rotatable bonds is 6. The third-order valence-corrected chi connectivity index (χ3v) is 3.02. The number of carbonyl (C=O) groups excluding carboxylic acids is 1. The van der Waals surface area contributed by atoms with E-state index in [1.165, 1.54) is 0 Å². The van der Waals surface area contributed by atoms with E-state index in [9.17, 15) is 4.79 Å². The standard InChI is InChI=1S/C17H19NO3/c1-4-11-20-15-8-6-14(7-9-15)17(19)18-13(3)16-10-5-12(2)21-16/h4-10,13H,1,11H2,2-3H3,(H,18,19). The molecular weight excluding hydrogens is 266 g/mol. The van der Waals surface area contributed by atoms with Crippen LogP contribution in [0.3, 0.4) is 0 Å². The fraction of sp³-hybridized carbons (Fsp3) is 0.235. The maximum atomic E-state index is 12.2. The zero-order valence-corrected chi connectivity index (χ0v) is 12.3. The van der Waals surface area contributed by atoms with Gasteiger partial charge in [0, 0.05) is 5.56 Å². The Morgan fingerprint density at radius 1 is 1.33 bits per heavy atom. The number of ether oxygens (including phenoxy) is 1. The molecule has 2 aromatic rings. The molecule has 1 atom stereocenters. The molecule has 0 fully saturated rings. The van der Waals surface area contributed by atoms with Crippen LogP contribution < -0.4 is 10.1 Å². The summed E-state index contributed by atoms with van der Waals surface area (Å²) in [6.07, 6.45) is 1.67. The van der Waals surface area contributed by atoms with Crippen LogP contribution in [0.4, 0.5) is 0 Å². The van der Waals surface area contributed by atoms with Crippen LogP contribution in [-0.2, 0) is 0 Å². The van der Waals surface area contributed by atoms with Gasteiger partial charge in [0.25, 0.3) is 5.91 Å². The lowest BCUT2D eigenvalue weighted by Crippen LogP contribution is -2.26. The molecule has 1 aromatic heterocycles. The first-order chi connectivity index (χ1) is 10.1. The molecule has 1 aromatic carbocycles. The molecule has 0 aliphatic carbocycles. The highest BCUT2D eigenvalue weighted by Gasteiger charge is 2.14. The SMILES string of the molecule is C=CCOc1ccc(C(=O)NC(C)c2ccc(C)o2)cc1. The van der Waals surface area contributed by atoms with Crippen molar-refractivity contribution in [3.8, 4) is 5.75 Å². The molecule has 110 valence electrons. The van der Waals surface area contributed by atoms with E-state index >= 15 is 0 Å². The lowest BCUT2D eigenvalue weighted by atomic mass is 10.2. The first kappa shape index (κ1) is 14.9. The van der Waals surface area contributed by atoms with Crippen molar-refractivity contribution in [2.75, 3.05) is 6.61 Å². The molecule has 0 bridgehead atoms. The molecule has 0 aliphatic rings. The predicted molar refractivity (Wildman–Crippen MR) is 81.5 cm³/mol. The van der Waals surface area contributed by atoms with Crippen LogP contribution in [0.25, 0.3) is 0 Å². The van der Waals surface area contributed by atoms with Gasteiger partial charge in [-0.3, -0.25) is 4.79 Å². The van der Waals surface area contributed by atoms with Crippen molar-refractivity contribution >= 4 is 5.91 Å². The van der Waals surface area contributed by atoms with E-state index in [-0.39, 0.29) is 11.9 Å². The van der Waals surface area contributed by atoms with E-state index < -0.39 is 0 Å². The molecule has 4 nitrogen and oxygen atoms in total. The first-order valence-electron chi connectivity index (χ1n) is 6.81.